The van der Waals surface area contributed by atoms with Gasteiger partial charge in [-0.15, -0.1) is 0 Å². The van der Waals surface area contributed by atoms with E-state index in [9.17, 15) is 19.2 Å². The SMILES string of the molecule is CC(C)(C)NC(=O)[C@@H](Cc1ccccc1)N(Cc1ccc(Cl)cc1Cl)C(=O)CCCN1C(=O)c2ccccc2C1=O. The number of hydrogen-bond acceptors (Lipinski definition) is 4. The molecule has 0 saturated heterocycles. The molecule has 9 heteroatoms. The van der Waals surface area contributed by atoms with Gasteiger partial charge in [-0.1, -0.05) is 71.7 Å². The summed E-state index contributed by atoms with van der Waals surface area (Å²) >= 11 is 12.6. The maximum atomic E-state index is 13.9. The fourth-order valence-corrected chi connectivity index (χ4v) is 5.28. The van der Waals surface area contributed by atoms with Gasteiger partial charge in [-0.3, -0.25) is 24.1 Å². The number of nitrogens with one attached hydrogen (secondary N) is 1. The molecule has 41 heavy (non-hydrogen) atoms. The summed E-state index contributed by atoms with van der Waals surface area (Å²) < 4.78 is 0. The largest absolute Gasteiger partial charge is 0.350 e. The summed E-state index contributed by atoms with van der Waals surface area (Å²) in [7, 11) is 0. The van der Waals surface area contributed by atoms with Gasteiger partial charge in [0.05, 0.1) is 11.1 Å². The Labute approximate surface area is 250 Å². The van der Waals surface area contributed by atoms with Gasteiger partial charge in [-0.25, -0.2) is 0 Å². The minimum atomic E-state index is -0.838. The van der Waals surface area contributed by atoms with Crippen LogP contribution in [0.15, 0.2) is 72.8 Å². The smallest absolute Gasteiger partial charge is 0.261 e. The second-order valence-corrected chi connectivity index (χ2v) is 12.0. The highest BCUT2D eigenvalue weighted by Crippen LogP contribution is 2.26. The van der Waals surface area contributed by atoms with Crippen LogP contribution in [0.5, 0.6) is 0 Å². The van der Waals surface area contributed by atoms with E-state index in [-0.39, 0.29) is 56.0 Å². The van der Waals surface area contributed by atoms with Crippen LogP contribution in [0.2, 0.25) is 10.0 Å². The molecule has 0 saturated carbocycles. The van der Waals surface area contributed by atoms with Crippen molar-refractivity contribution in [1.82, 2.24) is 15.1 Å². The molecule has 3 aromatic carbocycles. The van der Waals surface area contributed by atoms with Crippen molar-refractivity contribution >= 4 is 46.8 Å². The maximum Gasteiger partial charge on any atom is 0.261 e. The average Bonchev–Trinajstić information content (AvgIpc) is 3.16. The van der Waals surface area contributed by atoms with Crippen LogP contribution in [0.4, 0.5) is 0 Å². The first-order valence-corrected chi connectivity index (χ1v) is 14.2. The van der Waals surface area contributed by atoms with Crippen LogP contribution < -0.4 is 5.32 Å². The van der Waals surface area contributed by atoms with Crippen molar-refractivity contribution in [1.29, 1.82) is 0 Å². The zero-order valence-corrected chi connectivity index (χ0v) is 24.8. The Morgan fingerprint density at radius 1 is 0.902 bits per heavy atom. The maximum absolute atomic E-state index is 13.9. The van der Waals surface area contributed by atoms with E-state index in [1.807, 2.05) is 51.1 Å². The zero-order chi connectivity index (χ0) is 29.7. The Kier molecular flexibility index (Phi) is 9.51. The number of hydrogen-bond donors (Lipinski definition) is 1. The van der Waals surface area contributed by atoms with Gasteiger partial charge in [0.2, 0.25) is 11.8 Å². The first-order chi connectivity index (χ1) is 19.4. The van der Waals surface area contributed by atoms with Crippen LogP contribution in [0.1, 0.15) is 65.5 Å². The van der Waals surface area contributed by atoms with Gasteiger partial charge in [-0.05, 0) is 62.6 Å². The number of carbonyl (C=O) groups is 4. The second-order valence-electron chi connectivity index (χ2n) is 11.1. The van der Waals surface area contributed by atoms with E-state index in [1.165, 1.54) is 9.80 Å². The molecule has 0 aromatic heterocycles. The fraction of sp³-hybridized carbons (Fsp3) is 0.312. The summed E-state index contributed by atoms with van der Waals surface area (Å²) in [4.78, 5) is 55.8. The lowest BCUT2D eigenvalue weighted by Crippen LogP contribution is -2.54. The van der Waals surface area contributed by atoms with Crippen LogP contribution in [-0.4, -0.2) is 51.6 Å². The fourth-order valence-electron chi connectivity index (χ4n) is 4.81. The quantitative estimate of drug-likeness (QED) is 0.295. The molecular weight excluding hydrogens is 561 g/mol. The minimum absolute atomic E-state index is 0.0205. The molecule has 1 aliphatic heterocycles. The molecule has 7 nitrogen and oxygen atoms in total. The van der Waals surface area contributed by atoms with E-state index in [0.717, 1.165) is 5.56 Å². The van der Waals surface area contributed by atoms with Crippen LogP contribution in [-0.2, 0) is 22.6 Å². The molecule has 1 N–H and O–H groups in total. The third kappa shape index (κ3) is 7.54. The highest BCUT2D eigenvalue weighted by molar-refractivity contribution is 6.35. The predicted molar refractivity (Wildman–Crippen MR) is 160 cm³/mol. The van der Waals surface area contributed by atoms with Crippen molar-refractivity contribution in [3.05, 3.63) is 105 Å². The number of amides is 4. The van der Waals surface area contributed by atoms with E-state index in [2.05, 4.69) is 5.32 Å². The summed E-state index contributed by atoms with van der Waals surface area (Å²) in [5.41, 5.74) is 1.75. The van der Waals surface area contributed by atoms with Crippen LogP contribution in [0, 0.1) is 0 Å². The Bertz CT molecular complexity index is 1420. The van der Waals surface area contributed by atoms with Crippen molar-refractivity contribution in [3.8, 4) is 0 Å². The molecule has 0 spiro atoms. The number of rotatable bonds is 10. The summed E-state index contributed by atoms with van der Waals surface area (Å²) in [5.74, 6) is -1.32. The van der Waals surface area contributed by atoms with Gasteiger partial charge in [0.25, 0.3) is 11.8 Å². The van der Waals surface area contributed by atoms with E-state index < -0.39 is 11.6 Å². The number of fused-ring (bicyclic) bond motifs is 1. The van der Waals surface area contributed by atoms with Gasteiger partial charge in [0.1, 0.15) is 6.04 Å². The molecular formula is C32H33Cl2N3O4. The highest BCUT2D eigenvalue weighted by Gasteiger charge is 2.36. The number of halogens is 2. The number of carbonyl (C=O) groups excluding carboxylic acids is 4. The van der Waals surface area contributed by atoms with Crippen molar-refractivity contribution in [2.75, 3.05) is 6.54 Å². The van der Waals surface area contributed by atoms with Crippen molar-refractivity contribution < 1.29 is 19.2 Å². The minimum Gasteiger partial charge on any atom is -0.350 e. The average molecular weight is 595 g/mol. The van der Waals surface area contributed by atoms with E-state index in [4.69, 9.17) is 23.2 Å². The lowest BCUT2D eigenvalue weighted by molar-refractivity contribution is -0.142. The molecule has 3 aromatic rings. The normalized spacial score (nSPS) is 13.6. The molecule has 1 atom stereocenters. The Morgan fingerprint density at radius 3 is 2.10 bits per heavy atom. The number of benzene rings is 3. The third-order valence-corrected chi connectivity index (χ3v) is 7.36. The molecule has 4 rings (SSSR count). The van der Waals surface area contributed by atoms with Gasteiger partial charge < -0.3 is 10.2 Å². The molecule has 0 fully saturated rings. The van der Waals surface area contributed by atoms with E-state index in [1.54, 1.807) is 42.5 Å². The Morgan fingerprint density at radius 2 is 1.51 bits per heavy atom. The molecule has 1 aliphatic rings. The molecule has 4 amide bonds. The van der Waals surface area contributed by atoms with Crippen molar-refractivity contribution in [2.45, 2.75) is 58.2 Å². The standard InChI is InChI=1S/C32H33Cl2N3O4/c1-32(2,3)35-29(39)27(18-21-10-5-4-6-11-21)37(20-22-15-16-23(33)19-26(22)34)28(38)14-9-17-36-30(40)24-12-7-8-13-25(24)31(36)41/h4-8,10-13,15-16,19,27H,9,14,17-18,20H2,1-3H3,(H,35,39)/t27-/m1/s1. The van der Waals surface area contributed by atoms with Gasteiger partial charge in [0, 0.05) is 41.5 Å². The Balaban J connectivity index is 1.58. The topological polar surface area (TPSA) is 86.8 Å². The third-order valence-electron chi connectivity index (χ3n) is 6.78. The molecule has 0 unspecified atom stereocenters. The van der Waals surface area contributed by atoms with Gasteiger partial charge in [-0.2, -0.15) is 0 Å². The molecule has 1 heterocycles. The van der Waals surface area contributed by atoms with Crippen molar-refractivity contribution in [2.24, 2.45) is 0 Å². The number of nitrogens with zero attached hydrogens (tertiary/aromatic N) is 2. The summed E-state index contributed by atoms with van der Waals surface area (Å²) in [6.45, 7) is 5.82. The van der Waals surface area contributed by atoms with Crippen LogP contribution in [0.25, 0.3) is 0 Å². The number of imide groups is 1. The van der Waals surface area contributed by atoms with Crippen LogP contribution in [0.3, 0.4) is 0 Å². The highest BCUT2D eigenvalue weighted by atomic mass is 35.5. The lowest BCUT2D eigenvalue weighted by Gasteiger charge is -2.34. The molecule has 0 bridgehead atoms. The second kappa shape index (κ2) is 12.9. The van der Waals surface area contributed by atoms with Crippen molar-refractivity contribution in [3.63, 3.8) is 0 Å². The monoisotopic (exact) mass is 593 g/mol. The molecule has 0 aliphatic carbocycles. The van der Waals surface area contributed by atoms with Crippen LogP contribution >= 0.6 is 23.2 Å². The Hall–Kier alpha value is -3.68. The summed E-state index contributed by atoms with van der Waals surface area (Å²) in [5, 5.41) is 3.87. The zero-order valence-electron chi connectivity index (χ0n) is 23.3. The van der Waals surface area contributed by atoms with Gasteiger partial charge in [0.15, 0.2) is 0 Å². The first-order valence-electron chi connectivity index (χ1n) is 13.5. The summed E-state index contributed by atoms with van der Waals surface area (Å²) in [6.07, 6.45) is 0.554. The summed E-state index contributed by atoms with van der Waals surface area (Å²) in [6, 6.07) is 20.4. The predicted octanol–water partition coefficient (Wildman–Crippen LogP) is 5.92. The first kappa shape index (κ1) is 30.3. The van der Waals surface area contributed by atoms with E-state index in [0.29, 0.717) is 26.7 Å². The van der Waals surface area contributed by atoms with Gasteiger partial charge >= 0.3 is 0 Å². The molecule has 214 valence electrons. The molecule has 0 radical (unpaired) electrons. The van der Waals surface area contributed by atoms with E-state index >= 15 is 0 Å². The lowest BCUT2D eigenvalue weighted by atomic mass is 10.00.